The Labute approximate surface area is 208 Å². The van der Waals surface area contributed by atoms with E-state index in [2.05, 4.69) is 107 Å². The van der Waals surface area contributed by atoms with Crippen LogP contribution in [0.4, 0.5) is 0 Å². The summed E-state index contributed by atoms with van der Waals surface area (Å²) < 4.78 is 2.46. The molecule has 33 heavy (non-hydrogen) atoms. The van der Waals surface area contributed by atoms with Crippen LogP contribution >= 0.6 is 0 Å². The lowest BCUT2D eigenvalue weighted by Crippen LogP contribution is -2.87. The van der Waals surface area contributed by atoms with Crippen LogP contribution < -0.4 is 0 Å². The number of nitrogens with zero attached hydrogens (tertiary/aromatic N) is 4. The van der Waals surface area contributed by atoms with Crippen LogP contribution in [-0.4, -0.2) is 88.1 Å². The summed E-state index contributed by atoms with van der Waals surface area (Å²) in [5, 5.41) is 0. The maximum absolute atomic E-state index is 3.01. The highest BCUT2D eigenvalue weighted by molar-refractivity contribution is 4.98. The standard InChI is InChI=1S/C29H62N4/c1-23(2)19-32(20-24(3)4)17-15-30(27(9,10)11)29(32)31(28(12,13)14)16-18-33(29,21-25(5)6)22-26(7)8/h23-26H,15-22H2,1-14H3/q+2. The lowest BCUT2D eigenvalue weighted by molar-refractivity contribution is -1.18. The Balaban J connectivity index is 3.03. The second-order valence-corrected chi connectivity index (χ2v) is 15.3. The molecule has 0 aromatic rings. The van der Waals surface area contributed by atoms with E-state index < -0.39 is 0 Å². The van der Waals surface area contributed by atoms with Gasteiger partial charge in [-0.2, -0.15) is 9.80 Å². The quantitative estimate of drug-likeness (QED) is 0.400. The fraction of sp³-hybridized carbons (Fsp3) is 1.00. The molecule has 0 amide bonds. The van der Waals surface area contributed by atoms with Gasteiger partial charge in [0.05, 0.1) is 52.4 Å². The maximum Gasteiger partial charge on any atom is 0.357 e. The van der Waals surface area contributed by atoms with Crippen LogP contribution in [0.1, 0.15) is 96.9 Å². The Hall–Kier alpha value is -0.160. The predicted octanol–water partition coefficient (Wildman–Crippen LogP) is 6.08. The van der Waals surface area contributed by atoms with Gasteiger partial charge in [-0.25, -0.2) is 8.97 Å². The number of hydrogen-bond acceptors (Lipinski definition) is 2. The van der Waals surface area contributed by atoms with Crippen molar-refractivity contribution in [3.8, 4) is 0 Å². The van der Waals surface area contributed by atoms with Crippen molar-refractivity contribution in [2.75, 3.05) is 52.4 Å². The van der Waals surface area contributed by atoms with Gasteiger partial charge in [-0.3, -0.25) is 0 Å². The molecule has 2 fully saturated rings. The first-order valence-electron chi connectivity index (χ1n) is 14.1. The van der Waals surface area contributed by atoms with Gasteiger partial charge in [0.25, 0.3) is 0 Å². The molecule has 0 aromatic heterocycles. The lowest BCUT2D eigenvalue weighted by Gasteiger charge is -2.63. The van der Waals surface area contributed by atoms with Gasteiger partial charge in [0.1, 0.15) is 0 Å². The molecule has 2 aliphatic heterocycles. The third-order valence-corrected chi connectivity index (χ3v) is 7.98. The molecule has 0 aliphatic carbocycles. The van der Waals surface area contributed by atoms with Crippen LogP contribution in [0.2, 0.25) is 0 Å². The Bertz CT molecular complexity index is 559. The molecular weight excluding hydrogens is 404 g/mol. The Kier molecular flexibility index (Phi) is 8.56. The average Bonchev–Trinajstić information content (AvgIpc) is 3.03. The number of quaternary nitrogens is 2. The van der Waals surface area contributed by atoms with Crippen molar-refractivity contribution >= 4 is 0 Å². The first kappa shape index (κ1) is 29.1. The summed E-state index contributed by atoms with van der Waals surface area (Å²) in [5.41, 5.74) is 0.249. The predicted molar refractivity (Wildman–Crippen MR) is 145 cm³/mol. The summed E-state index contributed by atoms with van der Waals surface area (Å²) in [6.45, 7) is 44.6. The molecule has 2 aliphatic rings. The molecule has 0 atom stereocenters. The van der Waals surface area contributed by atoms with Crippen molar-refractivity contribution in [1.29, 1.82) is 0 Å². The van der Waals surface area contributed by atoms with Crippen molar-refractivity contribution in [2.45, 2.75) is 114 Å². The molecule has 4 nitrogen and oxygen atoms in total. The fourth-order valence-electron chi connectivity index (χ4n) is 8.17. The minimum Gasteiger partial charge on any atom is -0.241 e. The van der Waals surface area contributed by atoms with E-state index >= 15 is 0 Å². The summed E-state index contributed by atoms with van der Waals surface area (Å²) in [6, 6.07) is 0. The molecule has 0 unspecified atom stereocenters. The summed E-state index contributed by atoms with van der Waals surface area (Å²) in [6.07, 6.45) is 0. The molecule has 2 rings (SSSR count). The van der Waals surface area contributed by atoms with Gasteiger partial charge in [-0.05, 0) is 41.5 Å². The molecule has 0 N–H and O–H groups in total. The second kappa shape index (κ2) is 9.71. The molecule has 4 heteroatoms. The van der Waals surface area contributed by atoms with Gasteiger partial charge in [0.2, 0.25) is 0 Å². The first-order valence-corrected chi connectivity index (χ1v) is 14.1. The van der Waals surface area contributed by atoms with Crippen molar-refractivity contribution in [2.24, 2.45) is 23.7 Å². The third-order valence-electron chi connectivity index (χ3n) is 7.98. The zero-order valence-corrected chi connectivity index (χ0v) is 25.3. The van der Waals surface area contributed by atoms with E-state index in [1.54, 1.807) is 0 Å². The van der Waals surface area contributed by atoms with Crippen molar-refractivity contribution < 1.29 is 8.97 Å². The first-order chi connectivity index (χ1) is 14.8. The minimum atomic E-state index is -0.0143. The zero-order valence-electron chi connectivity index (χ0n) is 25.3. The molecule has 0 bridgehead atoms. The van der Waals surface area contributed by atoms with E-state index in [0.29, 0.717) is 23.7 Å². The highest BCUT2D eigenvalue weighted by Gasteiger charge is 2.80. The van der Waals surface area contributed by atoms with Crippen LogP contribution in [-0.2, 0) is 0 Å². The van der Waals surface area contributed by atoms with E-state index in [-0.39, 0.29) is 17.0 Å². The topological polar surface area (TPSA) is 6.48 Å². The molecule has 0 aromatic carbocycles. The summed E-state index contributed by atoms with van der Waals surface area (Å²) in [7, 11) is 0. The molecule has 2 heterocycles. The normalized spacial score (nSPS) is 23.8. The van der Waals surface area contributed by atoms with Gasteiger partial charge in [-0.15, -0.1) is 0 Å². The fourth-order valence-corrected chi connectivity index (χ4v) is 8.17. The summed E-state index contributed by atoms with van der Waals surface area (Å²) in [4.78, 5) is 6.02. The van der Waals surface area contributed by atoms with Crippen LogP contribution in [0.15, 0.2) is 0 Å². The Morgan fingerprint density at radius 2 is 0.788 bits per heavy atom. The Morgan fingerprint density at radius 3 is 0.970 bits per heavy atom. The monoisotopic (exact) mass is 466 g/mol. The maximum atomic E-state index is 3.01. The van der Waals surface area contributed by atoms with Gasteiger partial charge in [-0.1, -0.05) is 55.4 Å². The average molecular weight is 467 g/mol. The highest BCUT2D eigenvalue weighted by atomic mass is 15.9. The van der Waals surface area contributed by atoms with E-state index in [0.717, 1.165) is 0 Å². The van der Waals surface area contributed by atoms with Gasteiger partial charge in [0, 0.05) is 34.7 Å². The third kappa shape index (κ3) is 5.20. The van der Waals surface area contributed by atoms with Crippen molar-refractivity contribution in [3.63, 3.8) is 0 Å². The largest absolute Gasteiger partial charge is 0.357 e. The van der Waals surface area contributed by atoms with Gasteiger partial charge < -0.3 is 0 Å². The molecule has 1 spiro atoms. The number of hydrogen-bond donors (Lipinski definition) is 0. The summed E-state index contributed by atoms with van der Waals surface area (Å²) in [5.74, 6) is 2.72. The van der Waals surface area contributed by atoms with Crippen molar-refractivity contribution in [1.82, 2.24) is 9.80 Å². The number of rotatable bonds is 8. The van der Waals surface area contributed by atoms with Crippen LogP contribution in [0, 0.1) is 23.7 Å². The van der Waals surface area contributed by atoms with Gasteiger partial charge >= 0.3 is 5.91 Å². The van der Waals surface area contributed by atoms with Crippen LogP contribution in [0.3, 0.4) is 0 Å². The second-order valence-electron chi connectivity index (χ2n) is 15.3. The zero-order chi connectivity index (χ0) is 25.6. The van der Waals surface area contributed by atoms with Crippen LogP contribution in [0.5, 0.6) is 0 Å². The highest BCUT2D eigenvalue weighted by Crippen LogP contribution is 2.55. The molecule has 0 saturated carbocycles. The summed E-state index contributed by atoms with van der Waals surface area (Å²) >= 11 is 0. The molecule has 196 valence electrons. The van der Waals surface area contributed by atoms with Crippen molar-refractivity contribution in [3.05, 3.63) is 0 Å². The molecule has 2 saturated heterocycles. The Morgan fingerprint density at radius 1 is 0.545 bits per heavy atom. The SMILES string of the molecule is CC(C)C[N+]1(CC(C)C)CCN(C(C)(C)C)C12N(C(C)(C)C)CC[N+]2(CC(C)C)CC(C)C. The van der Waals surface area contributed by atoms with E-state index in [1.165, 1.54) is 61.3 Å². The van der Waals surface area contributed by atoms with E-state index in [9.17, 15) is 0 Å². The smallest absolute Gasteiger partial charge is 0.241 e. The van der Waals surface area contributed by atoms with E-state index in [1.807, 2.05) is 0 Å². The molecule has 0 radical (unpaired) electrons. The minimum absolute atomic E-state index is 0.0143. The lowest BCUT2D eigenvalue weighted by atomic mass is 9.97. The molecular formula is C29H62N4+2. The van der Waals surface area contributed by atoms with Gasteiger partial charge in [0.15, 0.2) is 0 Å². The van der Waals surface area contributed by atoms with Crippen LogP contribution in [0.25, 0.3) is 0 Å². The van der Waals surface area contributed by atoms with E-state index in [4.69, 9.17) is 0 Å².